The lowest BCUT2D eigenvalue weighted by Gasteiger charge is -2.35. The zero-order valence-electron chi connectivity index (χ0n) is 16.6. The Bertz CT molecular complexity index is 1320. The van der Waals surface area contributed by atoms with E-state index in [1.807, 2.05) is 19.9 Å². The third kappa shape index (κ3) is 3.63. The van der Waals surface area contributed by atoms with Gasteiger partial charge in [-0.25, -0.2) is 18.4 Å². The molecule has 2 aromatic carbocycles. The van der Waals surface area contributed by atoms with Crippen LogP contribution in [0.4, 0.5) is 17.2 Å². The van der Waals surface area contributed by atoms with Gasteiger partial charge < -0.3 is 5.73 Å². The Morgan fingerprint density at radius 3 is 2.48 bits per heavy atom. The van der Waals surface area contributed by atoms with Crippen LogP contribution in [-0.2, 0) is 21.9 Å². The maximum Gasteiger partial charge on any atom is 0.269 e. The lowest BCUT2D eigenvalue weighted by Crippen LogP contribution is -2.29. The number of benzene rings is 2. The second kappa shape index (κ2) is 7.27. The van der Waals surface area contributed by atoms with E-state index in [0.717, 1.165) is 28.8 Å². The van der Waals surface area contributed by atoms with E-state index < -0.39 is 20.4 Å². The van der Waals surface area contributed by atoms with Crippen molar-refractivity contribution in [3.05, 3.63) is 68.4 Å². The summed E-state index contributed by atoms with van der Waals surface area (Å²) in [7, 11) is -3.99. The van der Waals surface area contributed by atoms with Crippen LogP contribution in [0.5, 0.6) is 0 Å². The molecule has 31 heavy (non-hydrogen) atoms. The second-order valence-electron chi connectivity index (χ2n) is 7.85. The molecule has 11 heteroatoms. The first-order valence-electron chi connectivity index (χ1n) is 9.21. The molecule has 160 valence electrons. The first kappa shape index (κ1) is 21.2. The third-order valence-electron chi connectivity index (χ3n) is 5.28. The highest BCUT2D eigenvalue weighted by atomic mass is 79.9. The van der Waals surface area contributed by atoms with Crippen LogP contribution >= 0.6 is 15.9 Å². The van der Waals surface area contributed by atoms with Gasteiger partial charge >= 0.3 is 0 Å². The van der Waals surface area contributed by atoms with Gasteiger partial charge in [0.1, 0.15) is 12.1 Å². The maximum absolute atomic E-state index is 13.0. The van der Waals surface area contributed by atoms with Crippen molar-refractivity contribution in [1.82, 2.24) is 9.97 Å². The van der Waals surface area contributed by atoms with Crippen LogP contribution < -0.4 is 10.5 Å². The van der Waals surface area contributed by atoms with Crippen molar-refractivity contribution < 1.29 is 13.3 Å². The normalized spacial score (nSPS) is 14.4. The first-order chi connectivity index (χ1) is 14.5. The summed E-state index contributed by atoms with van der Waals surface area (Å²) in [5, 5.41) is 10.9. The Balaban J connectivity index is 1.83. The summed E-state index contributed by atoms with van der Waals surface area (Å²) < 4.78 is 29.3. The number of nitrogen functional groups attached to an aromatic ring is 1. The smallest absolute Gasteiger partial charge is 0.269 e. The average molecular weight is 504 g/mol. The lowest BCUT2D eigenvalue weighted by atomic mass is 9.71. The Morgan fingerprint density at radius 2 is 1.84 bits per heavy atom. The lowest BCUT2D eigenvalue weighted by molar-refractivity contribution is -0.384. The van der Waals surface area contributed by atoms with Gasteiger partial charge in [-0.3, -0.25) is 14.8 Å². The van der Waals surface area contributed by atoms with E-state index >= 15 is 0 Å². The van der Waals surface area contributed by atoms with Crippen molar-refractivity contribution in [1.29, 1.82) is 0 Å². The number of hydrogen-bond acceptors (Lipinski definition) is 7. The van der Waals surface area contributed by atoms with Gasteiger partial charge in [0, 0.05) is 27.7 Å². The molecule has 3 N–H and O–H groups in total. The van der Waals surface area contributed by atoms with E-state index in [1.165, 1.54) is 18.5 Å². The molecule has 4 rings (SSSR count). The number of sulfonamides is 1. The highest BCUT2D eigenvalue weighted by molar-refractivity contribution is 9.10. The molecule has 0 saturated heterocycles. The topological polar surface area (TPSA) is 141 Å². The SMILES string of the molecule is CC1(C)Cc2c(ccc(Br)c2NS(=O)(=O)c2ccc([N+](=O)[O-])cc2)-c2ncnc(N)c21. The van der Waals surface area contributed by atoms with Gasteiger partial charge in [-0.1, -0.05) is 19.9 Å². The molecule has 0 amide bonds. The molecule has 1 aliphatic carbocycles. The molecule has 0 spiro atoms. The molecule has 1 aliphatic rings. The summed E-state index contributed by atoms with van der Waals surface area (Å²) in [6.07, 6.45) is 1.90. The highest BCUT2D eigenvalue weighted by Gasteiger charge is 2.36. The minimum absolute atomic E-state index is 0.0790. The van der Waals surface area contributed by atoms with Crippen LogP contribution in [0.25, 0.3) is 11.3 Å². The first-order valence-corrected chi connectivity index (χ1v) is 11.5. The molecule has 0 unspecified atom stereocenters. The Kier molecular flexibility index (Phi) is 4.97. The predicted molar refractivity (Wildman–Crippen MR) is 120 cm³/mol. The Hall–Kier alpha value is -3.05. The monoisotopic (exact) mass is 503 g/mol. The number of nitro benzene ring substituents is 1. The van der Waals surface area contributed by atoms with Crippen LogP contribution in [0.1, 0.15) is 25.0 Å². The number of anilines is 2. The molecule has 9 nitrogen and oxygen atoms in total. The zero-order chi connectivity index (χ0) is 22.6. The van der Waals surface area contributed by atoms with E-state index in [9.17, 15) is 18.5 Å². The second-order valence-corrected chi connectivity index (χ2v) is 10.4. The number of hydrogen-bond donors (Lipinski definition) is 2. The van der Waals surface area contributed by atoms with E-state index in [-0.39, 0.29) is 10.6 Å². The molecule has 0 saturated carbocycles. The number of aromatic nitrogens is 2. The molecule has 3 aromatic rings. The summed E-state index contributed by atoms with van der Waals surface area (Å²) >= 11 is 3.45. The van der Waals surface area contributed by atoms with Crippen molar-refractivity contribution >= 4 is 43.1 Å². The summed E-state index contributed by atoms with van der Waals surface area (Å²) in [4.78, 5) is 18.7. The largest absolute Gasteiger partial charge is 0.383 e. The minimum Gasteiger partial charge on any atom is -0.383 e. The van der Waals surface area contributed by atoms with Gasteiger partial charge in [0.25, 0.3) is 15.7 Å². The summed E-state index contributed by atoms with van der Waals surface area (Å²) in [6.45, 7) is 4.01. The molecular weight excluding hydrogens is 486 g/mol. The van der Waals surface area contributed by atoms with Crippen LogP contribution in [0.2, 0.25) is 0 Å². The number of nitro groups is 1. The molecule has 0 fully saturated rings. The number of nitrogens with one attached hydrogen (secondary N) is 1. The molecular formula is C20H18BrN5O4S. The molecule has 1 aromatic heterocycles. The van der Waals surface area contributed by atoms with E-state index in [1.54, 1.807) is 6.07 Å². The van der Waals surface area contributed by atoms with Gasteiger partial charge in [0.2, 0.25) is 0 Å². The number of nitrogens with two attached hydrogens (primary N) is 1. The van der Waals surface area contributed by atoms with Crippen LogP contribution in [0, 0.1) is 10.1 Å². The van der Waals surface area contributed by atoms with Gasteiger partial charge in [-0.15, -0.1) is 0 Å². The van der Waals surface area contributed by atoms with E-state index in [0.29, 0.717) is 28.1 Å². The maximum atomic E-state index is 13.0. The average Bonchev–Trinajstić information content (AvgIpc) is 2.70. The fourth-order valence-electron chi connectivity index (χ4n) is 3.88. The number of non-ortho nitro benzene ring substituents is 1. The molecule has 0 aliphatic heterocycles. The fraction of sp³-hybridized carbons (Fsp3) is 0.200. The van der Waals surface area contributed by atoms with Crippen LogP contribution in [0.3, 0.4) is 0 Å². The van der Waals surface area contributed by atoms with Crippen LogP contribution in [0.15, 0.2) is 52.1 Å². The van der Waals surface area contributed by atoms with Gasteiger partial charge in [-0.2, -0.15) is 0 Å². The van der Waals surface area contributed by atoms with Gasteiger partial charge in [0.05, 0.1) is 21.2 Å². The van der Waals surface area contributed by atoms with Crippen molar-refractivity contribution in [2.75, 3.05) is 10.5 Å². The molecule has 0 atom stereocenters. The van der Waals surface area contributed by atoms with Gasteiger partial charge in [-0.05, 0) is 51.5 Å². The summed E-state index contributed by atoms with van der Waals surface area (Å²) in [5.74, 6) is 0.400. The third-order valence-corrected chi connectivity index (χ3v) is 7.31. The van der Waals surface area contributed by atoms with E-state index in [2.05, 4.69) is 30.6 Å². The van der Waals surface area contributed by atoms with Crippen LogP contribution in [-0.4, -0.2) is 23.3 Å². The quantitative estimate of drug-likeness (QED) is 0.404. The van der Waals surface area contributed by atoms with Crippen molar-refractivity contribution in [2.45, 2.75) is 30.6 Å². The fourth-order valence-corrected chi connectivity index (χ4v) is 5.59. The van der Waals surface area contributed by atoms with Gasteiger partial charge in [0.15, 0.2) is 0 Å². The standard InChI is InChI=1S/C20H18BrN5O4S/c1-20(2)9-14-13(18-16(20)19(22)24-10-23-18)7-8-15(21)17(14)25-31(29,30)12-5-3-11(4-6-12)26(27)28/h3-8,10,25H,9H2,1-2H3,(H2,22,23,24). The Labute approximate surface area is 187 Å². The summed E-state index contributed by atoms with van der Waals surface area (Å²) in [5.41, 5.74) is 8.95. The molecule has 0 radical (unpaired) electrons. The van der Waals surface area contributed by atoms with Crippen molar-refractivity contribution in [2.24, 2.45) is 0 Å². The molecule has 0 bridgehead atoms. The van der Waals surface area contributed by atoms with E-state index in [4.69, 9.17) is 5.73 Å². The number of nitrogens with zero attached hydrogens (tertiary/aromatic N) is 3. The minimum atomic E-state index is -3.99. The van der Waals surface area contributed by atoms with Crippen molar-refractivity contribution in [3.63, 3.8) is 0 Å². The zero-order valence-corrected chi connectivity index (χ0v) is 19.0. The van der Waals surface area contributed by atoms with Crippen molar-refractivity contribution in [3.8, 4) is 11.3 Å². The molecule has 1 heterocycles. The predicted octanol–water partition coefficient (Wildman–Crippen LogP) is 4.03. The summed E-state index contributed by atoms with van der Waals surface area (Å²) in [6, 6.07) is 8.33. The number of fused-ring (bicyclic) bond motifs is 3. The Morgan fingerprint density at radius 1 is 1.16 bits per heavy atom. The number of halogens is 1. The number of rotatable bonds is 4. The highest BCUT2D eigenvalue weighted by Crippen LogP contribution is 2.48.